The lowest BCUT2D eigenvalue weighted by Crippen LogP contribution is -2.14. The van der Waals surface area contributed by atoms with Crippen molar-refractivity contribution in [2.45, 2.75) is 19.9 Å². The van der Waals surface area contributed by atoms with Gasteiger partial charge in [-0.15, -0.1) is 0 Å². The average Bonchev–Trinajstić information content (AvgIpc) is 3.05. The van der Waals surface area contributed by atoms with Gasteiger partial charge in [-0.3, -0.25) is 4.79 Å². The summed E-state index contributed by atoms with van der Waals surface area (Å²) in [6, 6.07) is 13.7. The molecule has 0 atom stereocenters. The van der Waals surface area contributed by atoms with E-state index in [-0.39, 0.29) is 12.3 Å². The number of primary amides is 1. The van der Waals surface area contributed by atoms with Crippen LogP contribution in [0.15, 0.2) is 55.0 Å². The standard InChI is InChI=1S/C19H20N4O2/c1-2-25-17-9-8-15(12-21-17)19-18(14-6-4-3-5-7-14)22-13-23(19)11-10-16(20)24/h3-9,12-13H,2,10-11H2,1H3,(H2,20,24). The van der Waals surface area contributed by atoms with Crippen molar-refractivity contribution in [3.05, 3.63) is 55.0 Å². The molecule has 1 amide bonds. The van der Waals surface area contributed by atoms with Gasteiger partial charge in [-0.2, -0.15) is 0 Å². The topological polar surface area (TPSA) is 83.0 Å². The molecule has 0 unspecified atom stereocenters. The molecule has 0 aliphatic rings. The maximum Gasteiger partial charge on any atom is 0.219 e. The third-order valence-electron chi connectivity index (χ3n) is 3.79. The number of aryl methyl sites for hydroxylation is 1. The van der Waals surface area contributed by atoms with Gasteiger partial charge in [0.1, 0.15) is 0 Å². The molecule has 2 aromatic heterocycles. The molecule has 0 saturated heterocycles. The lowest BCUT2D eigenvalue weighted by atomic mass is 10.1. The van der Waals surface area contributed by atoms with Crippen LogP contribution < -0.4 is 10.5 Å². The van der Waals surface area contributed by atoms with Gasteiger partial charge >= 0.3 is 0 Å². The summed E-state index contributed by atoms with van der Waals surface area (Å²) in [6.07, 6.45) is 3.74. The lowest BCUT2D eigenvalue weighted by molar-refractivity contribution is -0.118. The Kier molecular flexibility index (Phi) is 5.09. The van der Waals surface area contributed by atoms with Gasteiger partial charge in [0, 0.05) is 36.4 Å². The van der Waals surface area contributed by atoms with Crippen LogP contribution in [-0.2, 0) is 11.3 Å². The molecule has 0 bridgehead atoms. The first-order valence-corrected chi connectivity index (χ1v) is 8.17. The molecule has 0 aliphatic heterocycles. The van der Waals surface area contributed by atoms with E-state index in [0.717, 1.165) is 22.5 Å². The molecule has 3 aromatic rings. The number of pyridine rings is 1. The Morgan fingerprint density at radius 3 is 2.56 bits per heavy atom. The zero-order chi connectivity index (χ0) is 17.6. The molecule has 3 rings (SSSR count). The number of hydrogen-bond donors (Lipinski definition) is 1. The number of imidazole rings is 1. The molecular weight excluding hydrogens is 316 g/mol. The first kappa shape index (κ1) is 16.7. The number of ether oxygens (including phenoxy) is 1. The molecule has 2 N–H and O–H groups in total. The van der Waals surface area contributed by atoms with Crippen molar-refractivity contribution in [1.29, 1.82) is 0 Å². The SMILES string of the molecule is CCOc1ccc(-c2c(-c3ccccc3)ncn2CCC(N)=O)cn1. The average molecular weight is 336 g/mol. The summed E-state index contributed by atoms with van der Waals surface area (Å²) in [5.74, 6) is 0.237. The Balaban J connectivity index is 2.04. The van der Waals surface area contributed by atoms with Gasteiger partial charge in [0.2, 0.25) is 11.8 Å². The Morgan fingerprint density at radius 2 is 1.92 bits per heavy atom. The number of hydrogen-bond acceptors (Lipinski definition) is 4. The summed E-state index contributed by atoms with van der Waals surface area (Å²) in [5, 5.41) is 0. The second-order valence-corrected chi connectivity index (χ2v) is 5.54. The molecule has 6 nitrogen and oxygen atoms in total. The second kappa shape index (κ2) is 7.61. The maximum absolute atomic E-state index is 11.2. The molecule has 0 aliphatic carbocycles. The maximum atomic E-state index is 11.2. The minimum Gasteiger partial charge on any atom is -0.478 e. The van der Waals surface area contributed by atoms with Crippen LogP contribution in [0.5, 0.6) is 5.88 Å². The number of carbonyl (C=O) groups excluding carboxylic acids is 1. The fourth-order valence-electron chi connectivity index (χ4n) is 2.65. The van der Waals surface area contributed by atoms with Crippen LogP contribution in [-0.4, -0.2) is 27.0 Å². The van der Waals surface area contributed by atoms with Crippen LogP contribution in [0.1, 0.15) is 13.3 Å². The molecule has 2 heterocycles. The lowest BCUT2D eigenvalue weighted by Gasteiger charge is -2.10. The van der Waals surface area contributed by atoms with Crippen molar-refractivity contribution >= 4 is 5.91 Å². The van der Waals surface area contributed by atoms with Crippen molar-refractivity contribution in [2.24, 2.45) is 5.73 Å². The Labute approximate surface area is 146 Å². The van der Waals surface area contributed by atoms with Gasteiger partial charge < -0.3 is 15.0 Å². The van der Waals surface area contributed by atoms with Gasteiger partial charge in [-0.1, -0.05) is 30.3 Å². The van der Waals surface area contributed by atoms with Crippen LogP contribution in [0.4, 0.5) is 0 Å². The first-order chi connectivity index (χ1) is 12.2. The van der Waals surface area contributed by atoms with Gasteiger partial charge in [0.05, 0.1) is 24.3 Å². The van der Waals surface area contributed by atoms with Crippen molar-refractivity contribution in [3.8, 4) is 28.4 Å². The number of carbonyl (C=O) groups is 1. The Hall–Kier alpha value is -3.15. The van der Waals surface area contributed by atoms with Crippen LogP contribution in [0.3, 0.4) is 0 Å². The van der Waals surface area contributed by atoms with Gasteiger partial charge in [0.15, 0.2) is 0 Å². The zero-order valence-corrected chi connectivity index (χ0v) is 14.1. The Morgan fingerprint density at radius 1 is 1.12 bits per heavy atom. The molecule has 0 radical (unpaired) electrons. The van der Waals surface area contributed by atoms with Crippen LogP contribution in [0.2, 0.25) is 0 Å². The summed E-state index contributed by atoms with van der Waals surface area (Å²) in [6.45, 7) is 2.96. The second-order valence-electron chi connectivity index (χ2n) is 5.54. The van der Waals surface area contributed by atoms with E-state index in [1.54, 1.807) is 12.5 Å². The smallest absolute Gasteiger partial charge is 0.219 e. The predicted molar refractivity (Wildman–Crippen MR) is 95.9 cm³/mol. The highest BCUT2D eigenvalue weighted by Gasteiger charge is 2.16. The fraction of sp³-hybridized carbons (Fsp3) is 0.211. The highest BCUT2D eigenvalue weighted by atomic mass is 16.5. The molecular formula is C19H20N4O2. The minimum absolute atomic E-state index is 0.252. The van der Waals surface area contributed by atoms with E-state index in [4.69, 9.17) is 10.5 Å². The quantitative estimate of drug-likeness (QED) is 0.719. The van der Waals surface area contributed by atoms with Crippen LogP contribution in [0, 0.1) is 0 Å². The molecule has 128 valence electrons. The number of amides is 1. The van der Waals surface area contributed by atoms with E-state index < -0.39 is 0 Å². The molecule has 6 heteroatoms. The molecule has 0 fully saturated rings. The van der Waals surface area contributed by atoms with E-state index in [2.05, 4.69) is 9.97 Å². The minimum atomic E-state index is -0.342. The summed E-state index contributed by atoms with van der Waals surface area (Å²) in [5.41, 5.74) is 8.96. The highest BCUT2D eigenvalue weighted by Crippen LogP contribution is 2.31. The third kappa shape index (κ3) is 3.85. The normalized spacial score (nSPS) is 10.6. The van der Waals surface area contributed by atoms with E-state index in [0.29, 0.717) is 19.0 Å². The number of aromatic nitrogens is 3. The van der Waals surface area contributed by atoms with Crippen molar-refractivity contribution in [2.75, 3.05) is 6.61 Å². The van der Waals surface area contributed by atoms with Crippen molar-refractivity contribution in [1.82, 2.24) is 14.5 Å². The van der Waals surface area contributed by atoms with Crippen LogP contribution in [0.25, 0.3) is 22.5 Å². The van der Waals surface area contributed by atoms with E-state index in [9.17, 15) is 4.79 Å². The Bertz CT molecular complexity index is 842. The summed E-state index contributed by atoms with van der Waals surface area (Å²) in [7, 11) is 0. The molecule has 0 spiro atoms. The van der Waals surface area contributed by atoms with E-state index in [1.807, 2.05) is 54.0 Å². The van der Waals surface area contributed by atoms with Crippen molar-refractivity contribution < 1.29 is 9.53 Å². The van der Waals surface area contributed by atoms with Gasteiger partial charge in [-0.05, 0) is 13.0 Å². The van der Waals surface area contributed by atoms with Crippen molar-refractivity contribution in [3.63, 3.8) is 0 Å². The predicted octanol–water partition coefficient (Wildman–Crippen LogP) is 2.89. The molecule has 0 saturated carbocycles. The number of rotatable bonds is 7. The molecule has 1 aromatic carbocycles. The number of nitrogens with zero attached hydrogens (tertiary/aromatic N) is 3. The fourth-order valence-corrected chi connectivity index (χ4v) is 2.65. The monoisotopic (exact) mass is 336 g/mol. The number of benzene rings is 1. The molecule has 25 heavy (non-hydrogen) atoms. The summed E-state index contributed by atoms with van der Waals surface area (Å²) >= 11 is 0. The summed E-state index contributed by atoms with van der Waals surface area (Å²) < 4.78 is 7.34. The highest BCUT2D eigenvalue weighted by molar-refractivity contribution is 5.79. The summed E-state index contributed by atoms with van der Waals surface area (Å²) in [4.78, 5) is 20.1. The number of nitrogens with two attached hydrogens (primary N) is 1. The van der Waals surface area contributed by atoms with E-state index in [1.165, 1.54) is 0 Å². The zero-order valence-electron chi connectivity index (χ0n) is 14.1. The van der Waals surface area contributed by atoms with Gasteiger partial charge in [-0.25, -0.2) is 9.97 Å². The van der Waals surface area contributed by atoms with Gasteiger partial charge in [0.25, 0.3) is 0 Å². The van der Waals surface area contributed by atoms with E-state index >= 15 is 0 Å². The first-order valence-electron chi connectivity index (χ1n) is 8.17. The largest absolute Gasteiger partial charge is 0.478 e. The van der Waals surface area contributed by atoms with Crippen LogP contribution >= 0.6 is 0 Å². The third-order valence-corrected chi connectivity index (χ3v) is 3.79.